The second-order valence-electron chi connectivity index (χ2n) is 12.1. The van der Waals surface area contributed by atoms with Gasteiger partial charge in [0, 0.05) is 28.9 Å². The number of aromatic nitrogens is 1. The van der Waals surface area contributed by atoms with Crippen LogP contribution in [-0.2, 0) is 20.8 Å². The molecule has 2 saturated carbocycles. The number of aromatic hydroxyl groups is 1. The number of methoxy groups -OCH3 is 1. The molecule has 2 aromatic carbocycles. The first-order valence-corrected chi connectivity index (χ1v) is 13.4. The molecule has 2 unspecified atom stereocenters. The number of ether oxygens (including phenoxy) is 2. The quantitative estimate of drug-likeness (QED) is 0.405. The van der Waals surface area contributed by atoms with Crippen LogP contribution in [0.25, 0.3) is 22.2 Å². The molecule has 0 bridgehead atoms. The molecule has 6 rings (SSSR count). The molecule has 0 amide bonds. The number of carbonyl (C=O) groups is 2. The zero-order chi connectivity index (χ0) is 26.1. The van der Waals surface area contributed by atoms with Crippen molar-refractivity contribution in [3.05, 3.63) is 53.1 Å². The average molecular weight is 502 g/mol. The van der Waals surface area contributed by atoms with E-state index in [2.05, 4.69) is 10.6 Å². The Kier molecular flexibility index (Phi) is 5.45. The number of hydrogen-bond acceptors (Lipinski definition) is 5. The number of benzene rings is 2. The van der Waals surface area contributed by atoms with E-state index in [9.17, 15) is 14.7 Å². The van der Waals surface area contributed by atoms with Crippen LogP contribution in [0.2, 0.25) is 0 Å². The Hall–Kier alpha value is -3.28. The van der Waals surface area contributed by atoms with Crippen LogP contribution in [0.1, 0.15) is 92.6 Å². The monoisotopic (exact) mass is 501 g/mol. The van der Waals surface area contributed by atoms with Gasteiger partial charge < -0.3 is 19.1 Å². The van der Waals surface area contributed by atoms with Gasteiger partial charge in [-0.1, -0.05) is 25.3 Å². The zero-order valence-corrected chi connectivity index (χ0v) is 22.1. The van der Waals surface area contributed by atoms with Crippen LogP contribution >= 0.6 is 0 Å². The Morgan fingerprint density at radius 1 is 1.05 bits per heavy atom. The van der Waals surface area contributed by atoms with E-state index in [1.54, 1.807) is 6.07 Å². The van der Waals surface area contributed by atoms with Crippen molar-refractivity contribution in [1.29, 1.82) is 0 Å². The summed E-state index contributed by atoms with van der Waals surface area (Å²) in [7, 11) is 1.45. The van der Waals surface area contributed by atoms with Gasteiger partial charge in [-0.15, -0.1) is 0 Å². The smallest absolute Gasteiger partial charge is 0.338 e. The molecule has 2 heterocycles. The van der Waals surface area contributed by atoms with Crippen LogP contribution in [0.5, 0.6) is 5.75 Å². The van der Waals surface area contributed by atoms with Crippen molar-refractivity contribution in [2.45, 2.75) is 83.3 Å². The molecule has 1 aromatic heterocycles. The summed E-state index contributed by atoms with van der Waals surface area (Å²) in [6.45, 7) is 6.09. The minimum absolute atomic E-state index is 0.00903. The third-order valence-electron chi connectivity index (χ3n) is 8.52. The minimum atomic E-state index is -0.680. The third kappa shape index (κ3) is 3.84. The van der Waals surface area contributed by atoms with E-state index in [0.29, 0.717) is 24.4 Å². The molecule has 2 aliphatic carbocycles. The lowest BCUT2D eigenvalue weighted by Crippen LogP contribution is -2.25. The average Bonchev–Trinajstić information content (AvgIpc) is 3.53. The van der Waals surface area contributed by atoms with E-state index in [-0.39, 0.29) is 23.6 Å². The van der Waals surface area contributed by atoms with Crippen LogP contribution in [0.15, 0.2) is 36.4 Å². The van der Waals surface area contributed by atoms with E-state index in [0.717, 1.165) is 40.6 Å². The lowest BCUT2D eigenvalue weighted by molar-refractivity contribution is -0.147. The molecule has 1 aliphatic heterocycles. The van der Waals surface area contributed by atoms with Gasteiger partial charge in [0.1, 0.15) is 11.4 Å². The maximum Gasteiger partial charge on any atom is 0.338 e. The number of hydrogen-bond donors (Lipinski definition) is 1. The van der Waals surface area contributed by atoms with Crippen molar-refractivity contribution in [2.24, 2.45) is 5.41 Å². The highest BCUT2D eigenvalue weighted by Gasteiger charge is 2.63. The number of rotatable bonds is 3. The van der Waals surface area contributed by atoms with Crippen LogP contribution in [0.3, 0.4) is 0 Å². The second kappa shape index (κ2) is 8.37. The lowest BCUT2D eigenvalue weighted by Gasteiger charge is -2.24. The van der Waals surface area contributed by atoms with Crippen LogP contribution in [0.4, 0.5) is 0 Å². The number of phenolic OH excluding ortho intramolecular Hbond substituents is 1. The maximum atomic E-state index is 13.2. The highest BCUT2D eigenvalue weighted by atomic mass is 16.6. The number of fused-ring (bicyclic) bond motifs is 7. The molecular weight excluding hydrogens is 466 g/mol. The first kappa shape index (κ1) is 24.1. The fourth-order valence-corrected chi connectivity index (χ4v) is 6.82. The van der Waals surface area contributed by atoms with Crippen LogP contribution < -0.4 is 0 Å². The first-order chi connectivity index (χ1) is 17.6. The minimum Gasteiger partial charge on any atom is -0.508 e. The summed E-state index contributed by atoms with van der Waals surface area (Å²) in [4.78, 5) is 26.2. The second-order valence-corrected chi connectivity index (χ2v) is 12.1. The summed E-state index contributed by atoms with van der Waals surface area (Å²) in [5.41, 5.74) is 4.69. The highest BCUT2D eigenvalue weighted by Crippen LogP contribution is 2.65. The molecule has 6 heteroatoms. The molecule has 0 radical (unpaired) electrons. The highest BCUT2D eigenvalue weighted by molar-refractivity contribution is 6.00. The third-order valence-corrected chi connectivity index (χ3v) is 8.52. The van der Waals surface area contributed by atoms with Gasteiger partial charge in [-0.2, -0.15) is 0 Å². The van der Waals surface area contributed by atoms with E-state index in [4.69, 9.17) is 9.47 Å². The Morgan fingerprint density at radius 2 is 1.81 bits per heavy atom. The van der Waals surface area contributed by atoms with Crippen LogP contribution in [-0.4, -0.2) is 34.3 Å². The Labute approximate surface area is 217 Å². The molecule has 0 spiro atoms. The van der Waals surface area contributed by atoms with Gasteiger partial charge in [0.2, 0.25) is 0 Å². The summed E-state index contributed by atoms with van der Waals surface area (Å²) in [6, 6.07) is 11.4. The molecule has 3 aliphatic rings. The van der Waals surface area contributed by atoms with E-state index in [1.165, 1.54) is 31.9 Å². The van der Waals surface area contributed by atoms with Crippen molar-refractivity contribution >= 4 is 22.8 Å². The molecule has 0 saturated heterocycles. The zero-order valence-electron chi connectivity index (χ0n) is 22.1. The van der Waals surface area contributed by atoms with Crippen molar-refractivity contribution in [3.63, 3.8) is 0 Å². The molecule has 2 fully saturated rings. The van der Waals surface area contributed by atoms with Gasteiger partial charge in [0.15, 0.2) is 0 Å². The molecule has 3 aromatic rings. The van der Waals surface area contributed by atoms with Crippen molar-refractivity contribution in [1.82, 2.24) is 4.57 Å². The molecule has 37 heavy (non-hydrogen) atoms. The van der Waals surface area contributed by atoms with Gasteiger partial charge in [-0.3, -0.25) is 4.79 Å². The Morgan fingerprint density at radius 3 is 2.51 bits per heavy atom. The SMILES string of the molecule is COC(=O)C12CC1c1cc(O)ccc1-c1c(C3CCCCC3)c3ccc(C(=O)OC(C)(C)C)cc3n1C2. The predicted octanol–water partition coefficient (Wildman–Crippen LogP) is 6.68. The lowest BCUT2D eigenvalue weighted by atomic mass is 9.81. The van der Waals surface area contributed by atoms with Crippen molar-refractivity contribution < 1.29 is 24.2 Å². The summed E-state index contributed by atoms with van der Waals surface area (Å²) in [5.74, 6) is 0.0368. The standard InChI is InChI=1S/C31H35NO5/c1-30(2,3)37-28(34)19-10-12-22-25(14-19)32-17-31(29(35)36-4)16-24(31)23-15-20(33)11-13-21(23)27(32)26(22)18-8-6-5-7-9-18/h10-15,18,24,33H,5-9,16-17H2,1-4H3. The summed E-state index contributed by atoms with van der Waals surface area (Å²) >= 11 is 0. The topological polar surface area (TPSA) is 77.8 Å². The Balaban J connectivity index is 1.63. The van der Waals surface area contributed by atoms with E-state index < -0.39 is 11.0 Å². The normalized spacial score (nSPS) is 23.0. The maximum absolute atomic E-state index is 13.2. The number of esters is 2. The largest absolute Gasteiger partial charge is 0.508 e. The number of nitrogens with zero attached hydrogens (tertiary/aromatic N) is 1. The van der Waals surface area contributed by atoms with Crippen LogP contribution in [0, 0.1) is 5.41 Å². The first-order valence-electron chi connectivity index (χ1n) is 13.4. The summed E-state index contributed by atoms with van der Waals surface area (Å²) < 4.78 is 13.3. The van der Waals surface area contributed by atoms with Crippen molar-refractivity contribution in [3.8, 4) is 17.0 Å². The van der Waals surface area contributed by atoms with Gasteiger partial charge >= 0.3 is 11.9 Å². The van der Waals surface area contributed by atoms with Crippen molar-refractivity contribution in [2.75, 3.05) is 7.11 Å². The molecule has 2 atom stereocenters. The molecule has 194 valence electrons. The summed E-state index contributed by atoms with van der Waals surface area (Å²) in [5, 5.41) is 11.5. The summed E-state index contributed by atoms with van der Waals surface area (Å²) in [6.07, 6.45) is 6.58. The van der Waals surface area contributed by atoms with Gasteiger partial charge in [-0.25, -0.2) is 4.79 Å². The molecular formula is C31H35NO5. The number of carbonyl (C=O) groups excluding carboxylic acids is 2. The molecule has 1 N–H and O–H groups in total. The fourth-order valence-electron chi connectivity index (χ4n) is 6.82. The van der Waals surface area contributed by atoms with Gasteiger partial charge in [-0.05, 0) is 87.4 Å². The molecule has 6 nitrogen and oxygen atoms in total. The van der Waals surface area contributed by atoms with E-state index in [1.807, 2.05) is 45.0 Å². The van der Waals surface area contributed by atoms with E-state index >= 15 is 0 Å². The van der Waals surface area contributed by atoms with Gasteiger partial charge in [0.25, 0.3) is 0 Å². The fraction of sp³-hybridized carbons (Fsp3) is 0.484. The van der Waals surface area contributed by atoms with Gasteiger partial charge in [0.05, 0.1) is 23.8 Å². The predicted molar refractivity (Wildman–Crippen MR) is 142 cm³/mol. The Bertz CT molecular complexity index is 1420. The number of phenols is 1.